The first kappa shape index (κ1) is 17.4. The monoisotopic (exact) mass is 356 g/mol. The van der Waals surface area contributed by atoms with E-state index in [1.54, 1.807) is 6.92 Å². The lowest BCUT2D eigenvalue weighted by molar-refractivity contribution is 0.0516. The number of aromatic nitrogens is 2. The summed E-state index contributed by atoms with van der Waals surface area (Å²) in [4.78, 5) is 21.2. The van der Waals surface area contributed by atoms with Gasteiger partial charge in [0.1, 0.15) is 15.2 Å². The molecule has 0 bridgehead atoms. The van der Waals surface area contributed by atoms with Crippen molar-refractivity contribution in [1.82, 2.24) is 9.97 Å². The first-order valence-electron chi connectivity index (χ1n) is 8.26. The summed E-state index contributed by atoms with van der Waals surface area (Å²) in [5.41, 5.74) is 2.30. The van der Waals surface area contributed by atoms with Gasteiger partial charge in [-0.15, -0.1) is 11.3 Å². The van der Waals surface area contributed by atoms with Crippen LogP contribution in [-0.4, -0.2) is 27.7 Å². The Kier molecular flexibility index (Phi) is 4.99. The SMILES string of the molecule is CCOC(=O)c1nc(CC(C)C)c2nc(-c3ccccc3)sc2c1O. The molecule has 0 spiro atoms. The number of aromatic hydroxyl groups is 1. The van der Waals surface area contributed by atoms with Gasteiger partial charge in [-0.25, -0.2) is 14.8 Å². The number of hydrogen-bond acceptors (Lipinski definition) is 6. The largest absolute Gasteiger partial charge is 0.504 e. The van der Waals surface area contributed by atoms with Gasteiger partial charge in [0, 0.05) is 5.56 Å². The predicted molar refractivity (Wildman–Crippen MR) is 99.0 cm³/mol. The molecule has 5 nitrogen and oxygen atoms in total. The molecule has 130 valence electrons. The Balaban J connectivity index is 2.21. The highest BCUT2D eigenvalue weighted by Crippen LogP contribution is 2.38. The fourth-order valence-corrected chi connectivity index (χ4v) is 3.64. The lowest BCUT2D eigenvalue weighted by atomic mass is 10.1. The molecule has 0 aliphatic rings. The zero-order valence-electron chi connectivity index (χ0n) is 14.4. The number of carbonyl (C=O) groups excluding carboxylic acids is 1. The van der Waals surface area contributed by atoms with E-state index in [2.05, 4.69) is 23.8 Å². The van der Waals surface area contributed by atoms with Crippen molar-refractivity contribution in [2.24, 2.45) is 5.92 Å². The number of pyridine rings is 1. The molecule has 0 radical (unpaired) electrons. The van der Waals surface area contributed by atoms with Crippen molar-refractivity contribution in [2.75, 3.05) is 6.61 Å². The highest BCUT2D eigenvalue weighted by atomic mass is 32.1. The first-order valence-corrected chi connectivity index (χ1v) is 9.07. The van der Waals surface area contributed by atoms with Crippen LogP contribution in [0, 0.1) is 5.92 Å². The van der Waals surface area contributed by atoms with Crippen molar-refractivity contribution < 1.29 is 14.6 Å². The smallest absolute Gasteiger partial charge is 0.360 e. The standard InChI is InChI=1S/C19H20N2O3S/c1-4-24-19(23)15-16(22)17-14(13(20-15)10-11(2)3)21-18(25-17)12-8-6-5-7-9-12/h5-9,11,22H,4,10H2,1-3H3. The van der Waals surface area contributed by atoms with E-state index in [1.807, 2.05) is 30.3 Å². The molecule has 0 unspecified atom stereocenters. The van der Waals surface area contributed by atoms with Gasteiger partial charge in [0.2, 0.25) is 0 Å². The average molecular weight is 356 g/mol. The van der Waals surface area contributed by atoms with Crippen molar-refractivity contribution in [1.29, 1.82) is 0 Å². The number of fused-ring (bicyclic) bond motifs is 1. The van der Waals surface area contributed by atoms with E-state index in [0.717, 1.165) is 10.6 Å². The van der Waals surface area contributed by atoms with Gasteiger partial charge in [-0.1, -0.05) is 44.2 Å². The second kappa shape index (κ2) is 7.19. The van der Waals surface area contributed by atoms with Crippen LogP contribution in [0.5, 0.6) is 5.75 Å². The minimum atomic E-state index is -0.610. The van der Waals surface area contributed by atoms with E-state index >= 15 is 0 Å². The van der Waals surface area contributed by atoms with Gasteiger partial charge in [-0.3, -0.25) is 0 Å². The molecule has 1 N–H and O–H groups in total. The molecular weight excluding hydrogens is 336 g/mol. The van der Waals surface area contributed by atoms with Crippen LogP contribution in [0.15, 0.2) is 30.3 Å². The molecule has 0 aliphatic carbocycles. The van der Waals surface area contributed by atoms with Crippen molar-refractivity contribution in [3.05, 3.63) is 41.7 Å². The molecule has 0 aliphatic heterocycles. The van der Waals surface area contributed by atoms with Crippen molar-refractivity contribution in [3.8, 4) is 16.3 Å². The molecule has 0 amide bonds. The van der Waals surface area contributed by atoms with Crippen LogP contribution in [-0.2, 0) is 11.2 Å². The van der Waals surface area contributed by atoms with Crippen LogP contribution in [0.2, 0.25) is 0 Å². The highest BCUT2D eigenvalue weighted by molar-refractivity contribution is 7.22. The van der Waals surface area contributed by atoms with Crippen LogP contribution >= 0.6 is 11.3 Å². The Hall–Kier alpha value is -2.47. The molecule has 2 heterocycles. The molecule has 6 heteroatoms. The minimum Gasteiger partial charge on any atom is -0.504 e. The van der Waals surface area contributed by atoms with E-state index in [4.69, 9.17) is 4.74 Å². The molecule has 3 rings (SSSR count). The lowest BCUT2D eigenvalue weighted by Crippen LogP contribution is -2.10. The molecule has 2 aromatic heterocycles. The van der Waals surface area contributed by atoms with Crippen LogP contribution < -0.4 is 0 Å². The fraction of sp³-hybridized carbons (Fsp3) is 0.316. The number of benzene rings is 1. The number of nitrogens with zero attached hydrogens (tertiary/aromatic N) is 2. The number of thiazole rings is 1. The normalized spacial score (nSPS) is 11.2. The van der Waals surface area contributed by atoms with Crippen molar-refractivity contribution in [2.45, 2.75) is 27.2 Å². The maximum absolute atomic E-state index is 12.2. The van der Waals surface area contributed by atoms with Gasteiger partial charge >= 0.3 is 5.97 Å². The molecular formula is C19H20N2O3S. The predicted octanol–water partition coefficient (Wildman–Crippen LogP) is 4.44. The first-order chi connectivity index (χ1) is 12.0. The Morgan fingerprint density at radius 1 is 1.24 bits per heavy atom. The number of ether oxygens (including phenoxy) is 1. The van der Waals surface area contributed by atoms with Crippen LogP contribution in [0.25, 0.3) is 20.8 Å². The summed E-state index contributed by atoms with van der Waals surface area (Å²) < 4.78 is 5.61. The maximum Gasteiger partial charge on any atom is 0.360 e. The molecule has 0 atom stereocenters. The van der Waals surface area contributed by atoms with E-state index < -0.39 is 5.97 Å². The topological polar surface area (TPSA) is 72.3 Å². The second-order valence-corrected chi connectivity index (χ2v) is 7.14. The van der Waals surface area contributed by atoms with E-state index in [-0.39, 0.29) is 18.1 Å². The summed E-state index contributed by atoms with van der Waals surface area (Å²) in [6.45, 7) is 6.11. The number of hydrogen-bond donors (Lipinski definition) is 1. The van der Waals surface area contributed by atoms with Gasteiger partial charge < -0.3 is 9.84 Å². The van der Waals surface area contributed by atoms with Gasteiger partial charge in [0.25, 0.3) is 0 Å². The second-order valence-electron chi connectivity index (χ2n) is 6.14. The summed E-state index contributed by atoms with van der Waals surface area (Å²) >= 11 is 1.36. The van der Waals surface area contributed by atoms with E-state index in [9.17, 15) is 9.90 Å². The Bertz CT molecular complexity index is 904. The fourth-order valence-electron chi connectivity index (χ4n) is 2.60. The van der Waals surface area contributed by atoms with Gasteiger partial charge in [0.15, 0.2) is 11.4 Å². The number of carbonyl (C=O) groups is 1. The third kappa shape index (κ3) is 3.49. The average Bonchev–Trinajstić information content (AvgIpc) is 3.04. The Labute approximate surface area is 150 Å². The zero-order valence-corrected chi connectivity index (χ0v) is 15.3. The van der Waals surface area contributed by atoms with Gasteiger partial charge in [0.05, 0.1) is 12.3 Å². The maximum atomic E-state index is 12.2. The summed E-state index contributed by atoms with van der Waals surface area (Å²) in [5.74, 6) is -0.417. The zero-order chi connectivity index (χ0) is 18.0. The summed E-state index contributed by atoms with van der Waals surface area (Å²) in [6.07, 6.45) is 0.668. The lowest BCUT2D eigenvalue weighted by Gasteiger charge is -2.09. The highest BCUT2D eigenvalue weighted by Gasteiger charge is 2.23. The van der Waals surface area contributed by atoms with Crippen LogP contribution in [0.3, 0.4) is 0 Å². The molecule has 0 fully saturated rings. The van der Waals surface area contributed by atoms with Gasteiger partial charge in [-0.2, -0.15) is 0 Å². The Morgan fingerprint density at radius 2 is 1.96 bits per heavy atom. The molecule has 3 aromatic rings. The van der Waals surface area contributed by atoms with Crippen LogP contribution in [0.4, 0.5) is 0 Å². The van der Waals surface area contributed by atoms with Crippen molar-refractivity contribution in [3.63, 3.8) is 0 Å². The number of rotatable bonds is 5. The summed E-state index contributed by atoms with van der Waals surface area (Å²) in [5, 5.41) is 11.4. The van der Waals surface area contributed by atoms with Crippen molar-refractivity contribution >= 4 is 27.5 Å². The molecule has 0 saturated carbocycles. The third-order valence-corrected chi connectivity index (χ3v) is 4.79. The third-order valence-electron chi connectivity index (χ3n) is 3.68. The van der Waals surface area contributed by atoms with E-state index in [1.165, 1.54) is 11.3 Å². The van der Waals surface area contributed by atoms with E-state index in [0.29, 0.717) is 28.2 Å². The molecule has 0 saturated heterocycles. The van der Waals surface area contributed by atoms with Gasteiger partial charge in [-0.05, 0) is 19.3 Å². The summed E-state index contributed by atoms with van der Waals surface area (Å²) in [7, 11) is 0. The Morgan fingerprint density at radius 3 is 2.60 bits per heavy atom. The number of esters is 1. The minimum absolute atomic E-state index is 0.0340. The molecule has 1 aromatic carbocycles. The summed E-state index contributed by atoms with van der Waals surface area (Å²) in [6, 6.07) is 9.77. The van der Waals surface area contributed by atoms with Crippen LogP contribution in [0.1, 0.15) is 37.0 Å². The molecule has 25 heavy (non-hydrogen) atoms. The quantitative estimate of drug-likeness (QED) is 0.684.